The van der Waals surface area contributed by atoms with Crippen molar-refractivity contribution in [2.24, 2.45) is 5.92 Å². The summed E-state index contributed by atoms with van der Waals surface area (Å²) in [5.74, 6) is 1.82. The van der Waals surface area contributed by atoms with Gasteiger partial charge in [0.05, 0.1) is 4.92 Å². The third kappa shape index (κ3) is 3.75. The zero-order chi connectivity index (χ0) is 15.4. The number of rotatable bonds is 5. The Bertz CT molecular complexity index is 639. The average molecular weight is 286 g/mol. The molecule has 0 aliphatic heterocycles. The van der Waals surface area contributed by atoms with E-state index in [1.807, 2.05) is 6.07 Å². The molecule has 0 unspecified atom stereocenters. The Kier molecular flexibility index (Phi) is 4.47. The zero-order valence-electron chi connectivity index (χ0n) is 12.3. The number of hydrogen-bond acceptors (Lipinski definition) is 5. The van der Waals surface area contributed by atoms with E-state index in [1.54, 1.807) is 19.2 Å². The lowest BCUT2D eigenvalue weighted by Crippen LogP contribution is -2.03. The van der Waals surface area contributed by atoms with Crippen LogP contribution in [0.4, 0.5) is 11.5 Å². The van der Waals surface area contributed by atoms with Crippen molar-refractivity contribution < 1.29 is 4.92 Å². The Morgan fingerprint density at radius 1 is 1.24 bits per heavy atom. The summed E-state index contributed by atoms with van der Waals surface area (Å²) in [6, 6.07) is 8.20. The summed E-state index contributed by atoms with van der Waals surface area (Å²) in [5.41, 5.74) is 1.78. The number of non-ortho nitro benzene ring substituents is 1. The molecule has 1 N–H and O–H groups in total. The molecule has 110 valence electrons. The Morgan fingerprint density at radius 3 is 2.43 bits per heavy atom. The number of nitrogens with one attached hydrogen (secondary N) is 1. The normalized spacial score (nSPS) is 10.7. The second-order valence-corrected chi connectivity index (χ2v) is 5.22. The van der Waals surface area contributed by atoms with Crippen molar-refractivity contribution >= 4 is 11.5 Å². The molecule has 0 spiro atoms. The highest BCUT2D eigenvalue weighted by Gasteiger charge is 2.10. The maximum Gasteiger partial charge on any atom is 0.269 e. The van der Waals surface area contributed by atoms with E-state index in [-0.39, 0.29) is 5.69 Å². The molecule has 2 rings (SSSR count). The first-order chi connectivity index (χ1) is 9.99. The molecule has 1 heterocycles. The molecule has 0 aliphatic rings. The molecule has 21 heavy (non-hydrogen) atoms. The number of nitrogens with zero attached hydrogens (tertiary/aromatic N) is 3. The number of hydrogen-bond donors (Lipinski definition) is 1. The van der Waals surface area contributed by atoms with Gasteiger partial charge in [0.25, 0.3) is 5.69 Å². The summed E-state index contributed by atoms with van der Waals surface area (Å²) in [6.45, 7) is 4.26. The molecule has 0 fully saturated rings. The van der Waals surface area contributed by atoms with Gasteiger partial charge in [0.1, 0.15) is 5.82 Å². The number of anilines is 1. The van der Waals surface area contributed by atoms with Gasteiger partial charge in [0.15, 0.2) is 5.82 Å². The fourth-order valence-electron chi connectivity index (χ4n) is 2.01. The Morgan fingerprint density at radius 2 is 1.90 bits per heavy atom. The molecule has 1 aromatic heterocycles. The van der Waals surface area contributed by atoms with Crippen LogP contribution in [-0.2, 0) is 6.42 Å². The van der Waals surface area contributed by atoms with Gasteiger partial charge in [-0.2, -0.15) is 0 Å². The lowest BCUT2D eigenvalue weighted by Gasteiger charge is -2.09. The predicted molar refractivity (Wildman–Crippen MR) is 82.2 cm³/mol. The van der Waals surface area contributed by atoms with E-state index in [0.717, 1.165) is 23.5 Å². The molecule has 6 heteroatoms. The minimum Gasteiger partial charge on any atom is -0.373 e. The highest BCUT2D eigenvalue weighted by atomic mass is 16.6. The lowest BCUT2D eigenvalue weighted by molar-refractivity contribution is -0.384. The van der Waals surface area contributed by atoms with Gasteiger partial charge in [-0.1, -0.05) is 13.8 Å². The third-order valence-electron chi connectivity index (χ3n) is 2.99. The molecular weight excluding hydrogens is 268 g/mol. The highest BCUT2D eigenvalue weighted by molar-refractivity contribution is 5.59. The quantitative estimate of drug-likeness (QED) is 0.673. The molecule has 6 nitrogen and oxygen atoms in total. The molecule has 0 amide bonds. The molecule has 0 radical (unpaired) electrons. The van der Waals surface area contributed by atoms with Crippen molar-refractivity contribution in [2.45, 2.75) is 20.3 Å². The van der Waals surface area contributed by atoms with Crippen molar-refractivity contribution in [3.05, 3.63) is 46.1 Å². The Balaban J connectivity index is 2.39. The molecule has 0 aliphatic carbocycles. The molecule has 1 aromatic carbocycles. The fourth-order valence-corrected chi connectivity index (χ4v) is 2.01. The van der Waals surface area contributed by atoms with Crippen LogP contribution < -0.4 is 5.32 Å². The molecule has 0 saturated carbocycles. The Labute approximate surface area is 123 Å². The van der Waals surface area contributed by atoms with Crippen molar-refractivity contribution in [2.75, 3.05) is 12.4 Å². The summed E-state index contributed by atoms with van der Waals surface area (Å²) >= 11 is 0. The van der Waals surface area contributed by atoms with E-state index < -0.39 is 4.92 Å². The standard InChI is InChI=1S/C15H18N4O2/c1-10(2)8-12-9-14(16-3)18-15(17-12)11-4-6-13(7-5-11)19(20)21/h4-7,9-10H,8H2,1-3H3,(H,16,17,18). The van der Waals surface area contributed by atoms with Gasteiger partial charge in [-0.3, -0.25) is 10.1 Å². The van der Waals surface area contributed by atoms with Crippen LogP contribution in [0.2, 0.25) is 0 Å². The zero-order valence-corrected chi connectivity index (χ0v) is 12.3. The van der Waals surface area contributed by atoms with Crippen LogP contribution in [0.25, 0.3) is 11.4 Å². The summed E-state index contributed by atoms with van der Waals surface area (Å²) < 4.78 is 0. The number of nitro groups is 1. The summed E-state index contributed by atoms with van der Waals surface area (Å²) in [7, 11) is 1.81. The van der Waals surface area contributed by atoms with Crippen molar-refractivity contribution in [1.29, 1.82) is 0 Å². The van der Waals surface area contributed by atoms with Crippen molar-refractivity contribution in [1.82, 2.24) is 9.97 Å². The van der Waals surface area contributed by atoms with Crippen LogP contribution in [0.1, 0.15) is 19.5 Å². The molecule has 2 aromatic rings. The van der Waals surface area contributed by atoms with E-state index in [2.05, 4.69) is 29.1 Å². The third-order valence-corrected chi connectivity index (χ3v) is 2.99. The molecular formula is C15H18N4O2. The second-order valence-electron chi connectivity index (χ2n) is 5.22. The average Bonchev–Trinajstić information content (AvgIpc) is 2.46. The van der Waals surface area contributed by atoms with Gasteiger partial charge in [-0.05, 0) is 24.5 Å². The van der Waals surface area contributed by atoms with Gasteiger partial charge in [-0.25, -0.2) is 9.97 Å². The van der Waals surface area contributed by atoms with Gasteiger partial charge in [-0.15, -0.1) is 0 Å². The van der Waals surface area contributed by atoms with E-state index in [0.29, 0.717) is 11.7 Å². The smallest absolute Gasteiger partial charge is 0.269 e. The monoisotopic (exact) mass is 286 g/mol. The van der Waals surface area contributed by atoms with Gasteiger partial charge >= 0.3 is 0 Å². The maximum absolute atomic E-state index is 10.7. The summed E-state index contributed by atoms with van der Waals surface area (Å²) in [6.07, 6.45) is 0.858. The van der Waals surface area contributed by atoms with Gasteiger partial charge < -0.3 is 5.32 Å². The summed E-state index contributed by atoms with van der Waals surface area (Å²) in [4.78, 5) is 19.2. The Hall–Kier alpha value is -2.50. The van der Waals surface area contributed by atoms with Crippen LogP contribution in [0.15, 0.2) is 30.3 Å². The lowest BCUT2D eigenvalue weighted by atomic mass is 10.1. The van der Waals surface area contributed by atoms with Crippen LogP contribution in [0.3, 0.4) is 0 Å². The molecule has 0 atom stereocenters. The van der Waals surface area contributed by atoms with E-state index in [1.165, 1.54) is 12.1 Å². The van der Waals surface area contributed by atoms with Gasteiger partial charge in [0, 0.05) is 36.5 Å². The fraction of sp³-hybridized carbons (Fsp3) is 0.333. The van der Waals surface area contributed by atoms with Crippen molar-refractivity contribution in [3.63, 3.8) is 0 Å². The van der Waals surface area contributed by atoms with Crippen LogP contribution in [-0.4, -0.2) is 21.9 Å². The number of nitro benzene ring substituents is 1. The molecule has 0 bridgehead atoms. The van der Waals surface area contributed by atoms with Crippen molar-refractivity contribution in [3.8, 4) is 11.4 Å². The van der Waals surface area contributed by atoms with Crippen LogP contribution in [0.5, 0.6) is 0 Å². The molecule has 0 saturated heterocycles. The number of aromatic nitrogens is 2. The second kappa shape index (κ2) is 6.30. The summed E-state index contributed by atoms with van der Waals surface area (Å²) in [5, 5.41) is 13.7. The van der Waals surface area contributed by atoms with Crippen LogP contribution in [0, 0.1) is 16.0 Å². The first-order valence-electron chi connectivity index (χ1n) is 6.80. The first kappa shape index (κ1) is 14.9. The predicted octanol–water partition coefficient (Wildman–Crippen LogP) is 3.29. The minimum absolute atomic E-state index is 0.0610. The maximum atomic E-state index is 10.7. The van der Waals surface area contributed by atoms with Gasteiger partial charge in [0.2, 0.25) is 0 Å². The van der Waals surface area contributed by atoms with E-state index in [4.69, 9.17) is 0 Å². The minimum atomic E-state index is -0.418. The first-order valence-corrected chi connectivity index (χ1v) is 6.80. The van der Waals surface area contributed by atoms with Crippen LogP contribution >= 0.6 is 0 Å². The SMILES string of the molecule is CNc1cc(CC(C)C)nc(-c2ccc([N+](=O)[O-])cc2)n1. The largest absolute Gasteiger partial charge is 0.373 e. The van der Waals surface area contributed by atoms with E-state index in [9.17, 15) is 10.1 Å². The highest BCUT2D eigenvalue weighted by Crippen LogP contribution is 2.22. The topological polar surface area (TPSA) is 81.0 Å². The number of benzene rings is 1. The van der Waals surface area contributed by atoms with E-state index >= 15 is 0 Å².